The smallest absolute Gasteiger partial charge is 0.255 e. The predicted molar refractivity (Wildman–Crippen MR) is 154 cm³/mol. The minimum Gasteiger partial charge on any atom is -0.493 e. The van der Waals surface area contributed by atoms with Crippen molar-refractivity contribution in [3.8, 4) is 22.9 Å². The van der Waals surface area contributed by atoms with Crippen molar-refractivity contribution in [2.75, 3.05) is 32.8 Å². The molecule has 0 saturated carbocycles. The summed E-state index contributed by atoms with van der Waals surface area (Å²) >= 11 is 0. The maximum absolute atomic E-state index is 14.8. The Labute approximate surface area is 237 Å². The molecule has 2 heterocycles. The van der Waals surface area contributed by atoms with Crippen LogP contribution in [-0.2, 0) is 4.79 Å². The molecule has 0 unspecified atom stereocenters. The number of amides is 2. The third-order valence-electron chi connectivity index (χ3n) is 8.62. The van der Waals surface area contributed by atoms with E-state index in [1.807, 2.05) is 38.1 Å². The van der Waals surface area contributed by atoms with Crippen LogP contribution in [0.4, 0.5) is 4.39 Å². The second-order valence-corrected chi connectivity index (χ2v) is 11.2. The van der Waals surface area contributed by atoms with Gasteiger partial charge in [0.05, 0.1) is 18.2 Å². The number of carbonyl (C=O) groups excluding carboxylic acids is 2. The summed E-state index contributed by atoms with van der Waals surface area (Å²) in [5.41, 5.74) is 6.62. The third kappa shape index (κ3) is 6.82. The second-order valence-electron chi connectivity index (χ2n) is 11.2. The average Bonchev–Trinajstić information content (AvgIpc) is 3.00. The zero-order chi connectivity index (χ0) is 28.7. The fourth-order valence-corrected chi connectivity index (χ4v) is 5.87. The van der Waals surface area contributed by atoms with E-state index in [1.165, 1.54) is 0 Å². The number of carbonyl (C=O) groups is 2. The lowest BCUT2D eigenvalue weighted by molar-refractivity contribution is -0.123. The van der Waals surface area contributed by atoms with Crippen LogP contribution < -0.4 is 10.5 Å². The van der Waals surface area contributed by atoms with Gasteiger partial charge in [0.15, 0.2) is 0 Å². The molecule has 2 aliphatic heterocycles. The number of alkyl halides is 1. The SMILES string of the molecule is CCC(F)(CC)CN1CCC(COc2ccc(-c3ccccc3C(=O)N3CCCC[C@@H]3C(N)=O)c(C#N)c2)CC1. The zero-order valence-corrected chi connectivity index (χ0v) is 23.7. The highest BCUT2D eigenvalue weighted by molar-refractivity contribution is 6.03. The molecule has 2 aromatic rings. The number of rotatable bonds is 10. The maximum atomic E-state index is 14.8. The van der Waals surface area contributed by atoms with Crippen LogP contribution >= 0.6 is 0 Å². The van der Waals surface area contributed by atoms with E-state index in [1.54, 1.807) is 23.1 Å². The van der Waals surface area contributed by atoms with Crippen molar-refractivity contribution in [2.45, 2.75) is 70.5 Å². The summed E-state index contributed by atoms with van der Waals surface area (Å²) < 4.78 is 20.9. The second kappa shape index (κ2) is 13.3. The first kappa shape index (κ1) is 29.5. The van der Waals surface area contributed by atoms with Gasteiger partial charge in [-0.15, -0.1) is 0 Å². The molecule has 40 heavy (non-hydrogen) atoms. The third-order valence-corrected chi connectivity index (χ3v) is 8.62. The monoisotopic (exact) mass is 548 g/mol. The van der Waals surface area contributed by atoms with Crippen LogP contribution in [0.3, 0.4) is 0 Å². The molecule has 0 aromatic heterocycles. The Kier molecular flexibility index (Phi) is 9.80. The Morgan fingerprint density at radius 1 is 1.05 bits per heavy atom. The van der Waals surface area contributed by atoms with Gasteiger partial charge in [-0.2, -0.15) is 5.26 Å². The van der Waals surface area contributed by atoms with Gasteiger partial charge in [-0.25, -0.2) is 4.39 Å². The van der Waals surface area contributed by atoms with Gasteiger partial charge in [-0.3, -0.25) is 9.59 Å². The Morgan fingerprint density at radius 2 is 1.77 bits per heavy atom. The molecule has 7 nitrogen and oxygen atoms in total. The fraction of sp³-hybridized carbons (Fsp3) is 0.531. The Bertz CT molecular complexity index is 1230. The summed E-state index contributed by atoms with van der Waals surface area (Å²) in [6.07, 6.45) is 5.21. The summed E-state index contributed by atoms with van der Waals surface area (Å²) in [5, 5.41) is 9.98. The van der Waals surface area contributed by atoms with E-state index in [0.717, 1.165) is 38.8 Å². The molecule has 2 N–H and O–H groups in total. The molecule has 214 valence electrons. The topological polar surface area (TPSA) is 99.7 Å². The van der Waals surface area contributed by atoms with Gasteiger partial charge in [0.2, 0.25) is 5.91 Å². The molecule has 2 saturated heterocycles. The van der Waals surface area contributed by atoms with Crippen molar-refractivity contribution in [2.24, 2.45) is 11.7 Å². The molecule has 0 radical (unpaired) electrons. The number of nitrogens with zero attached hydrogens (tertiary/aromatic N) is 3. The van der Waals surface area contributed by atoms with Gasteiger partial charge in [0.1, 0.15) is 17.5 Å². The van der Waals surface area contributed by atoms with Gasteiger partial charge < -0.3 is 20.3 Å². The van der Waals surface area contributed by atoms with Crippen molar-refractivity contribution >= 4 is 11.8 Å². The van der Waals surface area contributed by atoms with Crippen molar-refractivity contribution in [3.05, 3.63) is 53.6 Å². The van der Waals surface area contributed by atoms with E-state index < -0.39 is 17.6 Å². The highest BCUT2D eigenvalue weighted by Crippen LogP contribution is 2.32. The number of piperidine rings is 2. The van der Waals surface area contributed by atoms with Crippen molar-refractivity contribution < 1.29 is 18.7 Å². The Hall–Kier alpha value is -3.44. The molecule has 4 rings (SSSR count). The van der Waals surface area contributed by atoms with Crippen molar-refractivity contribution in [1.82, 2.24) is 9.80 Å². The Morgan fingerprint density at radius 3 is 2.45 bits per heavy atom. The number of nitriles is 1. The Balaban J connectivity index is 1.44. The fourth-order valence-electron chi connectivity index (χ4n) is 5.87. The molecule has 1 atom stereocenters. The molecular weight excluding hydrogens is 507 g/mol. The van der Waals surface area contributed by atoms with E-state index in [9.17, 15) is 19.2 Å². The van der Waals surface area contributed by atoms with E-state index in [4.69, 9.17) is 10.5 Å². The van der Waals surface area contributed by atoms with Crippen LogP contribution in [-0.4, -0.2) is 66.1 Å². The molecule has 2 fully saturated rings. The van der Waals surface area contributed by atoms with Gasteiger partial charge in [-0.1, -0.05) is 32.0 Å². The largest absolute Gasteiger partial charge is 0.493 e. The van der Waals surface area contributed by atoms with Crippen LogP contribution in [0.5, 0.6) is 5.75 Å². The molecule has 2 aromatic carbocycles. The van der Waals surface area contributed by atoms with Crippen molar-refractivity contribution in [3.63, 3.8) is 0 Å². The maximum Gasteiger partial charge on any atom is 0.255 e. The average molecular weight is 549 g/mol. The predicted octanol–water partition coefficient (Wildman–Crippen LogP) is 5.32. The van der Waals surface area contributed by atoms with Crippen LogP contribution in [0.25, 0.3) is 11.1 Å². The number of hydrogen-bond acceptors (Lipinski definition) is 5. The number of primary amides is 1. The molecular formula is C32H41FN4O3. The van der Waals surface area contributed by atoms with E-state index in [-0.39, 0.29) is 5.91 Å². The van der Waals surface area contributed by atoms with E-state index >= 15 is 0 Å². The van der Waals surface area contributed by atoms with Crippen LogP contribution in [0.2, 0.25) is 0 Å². The minimum atomic E-state index is -1.11. The normalized spacial score (nSPS) is 18.8. The first-order chi connectivity index (χ1) is 19.3. The van der Waals surface area contributed by atoms with E-state index in [2.05, 4.69) is 11.0 Å². The van der Waals surface area contributed by atoms with Crippen molar-refractivity contribution in [1.29, 1.82) is 5.26 Å². The highest BCUT2D eigenvalue weighted by atomic mass is 19.1. The molecule has 2 amide bonds. The lowest BCUT2D eigenvalue weighted by atomic mass is 9.93. The molecule has 8 heteroatoms. The quantitative estimate of drug-likeness (QED) is 0.433. The molecule has 0 bridgehead atoms. The summed E-state index contributed by atoms with van der Waals surface area (Å²) in [6.45, 7) is 7.06. The van der Waals surface area contributed by atoms with Crippen LogP contribution in [0.1, 0.15) is 74.7 Å². The molecule has 0 spiro atoms. The van der Waals surface area contributed by atoms with Gasteiger partial charge in [-0.05, 0) is 93.8 Å². The first-order valence-electron chi connectivity index (χ1n) is 14.6. The summed E-state index contributed by atoms with van der Waals surface area (Å²) in [7, 11) is 0. The number of hydrogen-bond donors (Lipinski definition) is 1. The highest BCUT2D eigenvalue weighted by Gasteiger charge is 2.33. The summed E-state index contributed by atoms with van der Waals surface area (Å²) in [4.78, 5) is 29.4. The van der Waals surface area contributed by atoms with Crippen LogP contribution in [0, 0.1) is 17.2 Å². The number of ether oxygens (including phenoxy) is 1. The molecule has 0 aliphatic carbocycles. The molecule has 2 aliphatic rings. The van der Waals surface area contributed by atoms with Gasteiger partial charge in [0.25, 0.3) is 5.91 Å². The van der Waals surface area contributed by atoms with Crippen LogP contribution in [0.15, 0.2) is 42.5 Å². The summed E-state index contributed by atoms with van der Waals surface area (Å²) in [5.74, 6) is 0.237. The van der Waals surface area contributed by atoms with E-state index in [0.29, 0.717) is 72.9 Å². The standard InChI is InChI=1S/C32H41FN4O3/c1-3-32(33,4-2)22-36-17-14-23(15-18-36)21-40-25-12-13-26(24(19-25)20-34)27-9-5-6-10-28(27)31(39)37-16-8-7-11-29(37)30(35)38/h5-6,9-10,12-13,19,23,29H,3-4,7-8,11,14-18,21-22H2,1-2H3,(H2,35,38)/t29-/m1/s1. The number of benzene rings is 2. The lowest BCUT2D eigenvalue weighted by Crippen LogP contribution is -2.50. The zero-order valence-electron chi connectivity index (χ0n) is 23.7. The minimum absolute atomic E-state index is 0.252. The number of halogens is 1. The number of likely N-dealkylation sites (tertiary alicyclic amines) is 2. The lowest BCUT2D eigenvalue weighted by Gasteiger charge is -2.36. The first-order valence-corrected chi connectivity index (χ1v) is 14.6. The number of nitrogens with two attached hydrogens (primary N) is 1. The summed E-state index contributed by atoms with van der Waals surface area (Å²) in [6, 6.07) is 14.2. The van der Waals surface area contributed by atoms with Gasteiger partial charge in [0, 0.05) is 24.2 Å². The van der Waals surface area contributed by atoms with Gasteiger partial charge >= 0.3 is 0 Å².